The number of ether oxygens (including phenoxy) is 1. The molecule has 0 heterocycles. The molecule has 0 amide bonds. The van der Waals surface area contributed by atoms with Crippen molar-refractivity contribution in [3.05, 3.63) is 29.3 Å². The first-order valence-corrected chi connectivity index (χ1v) is 8.40. The molecule has 6 heteroatoms. The van der Waals surface area contributed by atoms with Crippen LogP contribution in [0.2, 0.25) is 0 Å². The molecule has 0 spiro atoms. The van der Waals surface area contributed by atoms with Gasteiger partial charge >= 0.3 is 5.97 Å². The second-order valence-electron chi connectivity index (χ2n) is 5.57. The fourth-order valence-corrected chi connectivity index (χ4v) is 4.04. The van der Waals surface area contributed by atoms with E-state index in [2.05, 4.69) is 4.74 Å². The van der Waals surface area contributed by atoms with Crippen LogP contribution in [0.3, 0.4) is 0 Å². The lowest BCUT2D eigenvalue weighted by molar-refractivity contribution is 0.0600. The van der Waals surface area contributed by atoms with Crippen molar-refractivity contribution in [3.63, 3.8) is 0 Å². The van der Waals surface area contributed by atoms with Crippen LogP contribution >= 0.6 is 0 Å². The number of carbonyl (C=O) groups is 1. The van der Waals surface area contributed by atoms with E-state index in [4.69, 9.17) is 0 Å². The molecule has 1 atom stereocenters. The second kappa shape index (κ2) is 5.77. The zero-order valence-electron chi connectivity index (χ0n) is 12.8. The van der Waals surface area contributed by atoms with Crippen molar-refractivity contribution in [1.29, 1.82) is 0 Å². The Hall–Kier alpha value is -1.40. The second-order valence-corrected chi connectivity index (χ2v) is 7.54. The molecule has 0 N–H and O–H groups in total. The van der Waals surface area contributed by atoms with Crippen molar-refractivity contribution in [1.82, 2.24) is 4.31 Å². The Balaban J connectivity index is 2.41. The third-order valence-corrected chi connectivity index (χ3v) is 6.23. The molecule has 1 saturated carbocycles. The van der Waals surface area contributed by atoms with E-state index in [-0.39, 0.29) is 16.5 Å². The fraction of sp³-hybridized carbons (Fsp3) is 0.533. The van der Waals surface area contributed by atoms with E-state index in [9.17, 15) is 13.2 Å². The predicted octanol–water partition coefficient (Wildman–Crippen LogP) is 2.20. The fourth-order valence-electron chi connectivity index (χ4n) is 2.37. The summed E-state index contributed by atoms with van der Waals surface area (Å²) in [6.07, 6.45) is 2.14. The molecule has 116 valence electrons. The standard InChI is InChI=1S/C15H21NO4S/c1-10-5-6-13(15(17)20-4)9-14(10)21(18,19)16(3)11(2)12-7-8-12/h5-6,9,11-12H,7-8H2,1-4H3. The van der Waals surface area contributed by atoms with Crippen LogP contribution in [0.5, 0.6) is 0 Å². The molecule has 0 saturated heterocycles. The van der Waals surface area contributed by atoms with Gasteiger partial charge in [0.25, 0.3) is 0 Å². The molecule has 1 aliphatic carbocycles. The number of aryl methyl sites for hydroxylation is 1. The van der Waals surface area contributed by atoms with E-state index < -0.39 is 16.0 Å². The number of methoxy groups -OCH3 is 1. The minimum absolute atomic E-state index is 0.0313. The monoisotopic (exact) mass is 311 g/mol. The Kier molecular flexibility index (Phi) is 4.39. The molecular weight excluding hydrogens is 290 g/mol. The van der Waals surface area contributed by atoms with Crippen LogP contribution in [-0.4, -0.2) is 38.9 Å². The Labute approximate surface area is 126 Å². The lowest BCUT2D eigenvalue weighted by atomic mass is 10.1. The van der Waals surface area contributed by atoms with Crippen LogP contribution in [0.25, 0.3) is 0 Å². The van der Waals surface area contributed by atoms with Gasteiger partial charge in [-0.15, -0.1) is 0 Å². The normalized spacial score (nSPS) is 16.8. The zero-order valence-corrected chi connectivity index (χ0v) is 13.6. The highest BCUT2D eigenvalue weighted by Gasteiger charge is 2.36. The third kappa shape index (κ3) is 3.11. The van der Waals surface area contributed by atoms with Gasteiger partial charge < -0.3 is 4.74 Å². The van der Waals surface area contributed by atoms with Gasteiger partial charge in [-0.1, -0.05) is 6.07 Å². The summed E-state index contributed by atoms with van der Waals surface area (Å²) in [5, 5.41) is 0. The summed E-state index contributed by atoms with van der Waals surface area (Å²) in [7, 11) is -0.737. The number of esters is 1. The highest BCUT2D eigenvalue weighted by Crippen LogP contribution is 2.36. The van der Waals surface area contributed by atoms with Crippen LogP contribution in [0.15, 0.2) is 23.1 Å². The Morgan fingerprint density at radius 2 is 2.00 bits per heavy atom. The summed E-state index contributed by atoms with van der Waals surface area (Å²) in [6.45, 7) is 3.65. The number of nitrogens with zero attached hydrogens (tertiary/aromatic N) is 1. The highest BCUT2D eigenvalue weighted by molar-refractivity contribution is 7.89. The summed E-state index contributed by atoms with van der Waals surface area (Å²) in [5.41, 5.74) is 0.867. The SMILES string of the molecule is COC(=O)c1ccc(C)c(S(=O)(=O)N(C)C(C)C2CC2)c1. The van der Waals surface area contributed by atoms with E-state index in [1.54, 1.807) is 26.1 Å². The first kappa shape index (κ1) is 16.0. The molecule has 0 bridgehead atoms. The van der Waals surface area contributed by atoms with Gasteiger partial charge in [0.15, 0.2) is 0 Å². The van der Waals surface area contributed by atoms with Gasteiger partial charge in [-0.25, -0.2) is 13.2 Å². The summed E-state index contributed by atoms with van der Waals surface area (Å²) < 4.78 is 31.6. The van der Waals surface area contributed by atoms with Crippen LogP contribution in [0.4, 0.5) is 0 Å². The van der Waals surface area contributed by atoms with Gasteiger partial charge in [0.05, 0.1) is 17.6 Å². The summed E-state index contributed by atoms with van der Waals surface area (Å²) >= 11 is 0. The molecule has 21 heavy (non-hydrogen) atoms. The van der Waals surface area contributed by atoms with E-state index in [0.29, 0.717) is 11.5 Å². The molecule has 1 aromatic rings. The number of sulfonamides is 1. The molecule has 1 unspecified atom stereocenters. The number of hydrogen-bond donors (Lipinski definition) is 0. The van der Waals surface area contributed by atoms with Crippen molar-refractivity contribution in [2.45, 2.75) is 37.6 Å². The third-order valence-electron chi connectivity index (χ3n) is 4.14. The van der Waals surface area contributed by atoms with Crippen molar-refractivity contribution in [2.75, 3.05) is 14.2 Å². The number of carbonyl (C=O) groups excluding carboxylic acids is 1. The molecule has 0 radical (unpaired) electrons. The van der Waals surface area contributed by atoms with Gasteiger partial charge in [0.2, 0.25) is 10.0 Å². The molecular formula is C15H21NO4S. The minimum atomic E-state index is -3.61. The minimum Gasteiger partial charge on any atom is -0.465 e. The maximum Gasteiger partial charge on any atom is 0.337 e. The number of benzene rings is 1. The Morgan fingerprint density at radius 3 is 2.52 bits per heavy atom. The molecule has 1 aliphatic rings. The van der Waals surface area contributed by atoms with E-state index in [0.717, 1.165) is 12.8 Å². The van der Waals surface area contributed by atoms with Crippen molar-refractivity contribution in [2.24, 2.45) is 5.92 Å². The van der Waals surface area contributed by atoms with Crippen molar-refractivity contribution in [3.8, 4) is 0 Å². The summed E-state index contributed by atoms with van der Waals surface area (Å²) in [4.78, 5) is 11.8. The van der Waals surface area contributed by atoms with Gasteiger partial charge in [-0.05, 0) is 50.3 Å². The molecule has 2 rings (SSSR count). The average Bonchev–Trinajstić information content (AvgIpc) is 3.29. The van der Waals surface area contributed by atoms with Crippen LogP contribution in [0, 0.1) is 12.8 Å². The van der Waals surface area contributed by atoms with Gasteiger partial charge in [-0.3, -0.25) is 0 Å². The summed E-state index contributed by atoms with van der Waals surface area (Å²) in [5.74, 6) is -0.0989. The largest absolute Gasteiger partial charge is 0.465 e. The molecule has 5 nitrogen and oxygen atoms in total. The lowest BCUT2D eigenvalue weighted by Gasteiger charge is -2.25. The number of rotatable bonds is 5. The maximum atomic E-state index is 12.8. The molecule has 1 fully saturated rings. The maximum absolute atomic E-state index is 12.8. The van der Waals surface area contributed by atoms with E-state index in [1.165, 1.54) is 17.5 Å². The van der Waals surface area contributed by atoms with Crippen molar-refractivity contribution >= 4 is 16.0 Å². The van der Waals surface area contributed by atoms with E-state index >= 15 is 0 Å². The van der Waals surface area contributed by atoms with Crippen LogP contribution in [0.1, 0.15) is 35.7 Å². The summed E-state index contributed by atoms with van der Waals surface area (Å²) in [6, 6.07) is 4.57. The average molecular weight is 311 g/mol. The van der Waals surface area contributed by atoms with E-state index in [1.807, 2.05) is 6.92 Å². The first-order valence-electron chi connectivity index (χ1n) is 6.96. The van der Waals surface area contributed by atoms with Gasteiger partial charge in [-0.2, -0.15) is 4.31 Å². The van der Waals surface area contributed by atoms with Gasteiger partial charge in [0.1, 0.15) is 0 Å². The molecule has 0 aromatic heterocycles. The van der Waals surface area contributed by atoms with Gasteiger partial charge in [0, 0.05) is 13.1 Å². The van der Waals surface area contributed by atoms with Crippen molar-refractivity contribution < 1.29 is 17.9 Å². The smallest absolute Gasteiger partial charge is 0.337 e. The Bertz CT molecular complexity index is 650. The van der Waals surface area contributed by atoms with Crippen LogP contribution in [-0.2, 0) is 14.8 Å². The zero-order chi connectivity index (χ0) is 15.8. The molecule has 1 aromatic carbocycles. The number of hydrogen-bond acceptors (Lipinski definition) is 4. The Morgan fingerprint density at radius 1 is 1.38 bits per heavy atom. The highest BCUT2D eigenvalue weighted by atomic mass is 32.2. The first-order chi connectivity index (χ1) is 9.78. The quantitative estimate of drug-likeness (QED) is 0.782. The predicted molar refractivity (Wildman–Crippen MR) is 79.7 cm³/mol. The molecule has 0 aliphatic heterocycles. The lowest BCUT2D eigenvalue weighted by Crippen LogP contribution is -2.36. The van der Waals surface area contributed by atoms with Crippen LogP contribution < -0.4 is 0 Å². The topological polar surface area (TPSA) is 63.7 Å².